The first-order valence-corrected chi connectivity index (χ1v) is 6.87. The number of amides is 1. The van der Waals surface area contributed by atoms with E-state index in [1.807, 2.05) is 24.3 Å². The second-order valence-corrected chi connectivity index (χ2v) is 5.14. The van der Waals surface area contributed by atoms with Crippen molar-refractivity contribution in [3.05, 3.63) is 29.8 Å². The molecule has 0 unspecified atom stereocenters. The Labute approximate surface area is 109 Å². The molecule has 1 aromatic rings. The Morgan fingerprint density at radius 3 is 2.50 bits per heavy atom. The smallest absolute Gasteiger partial charge is 0.224 e. The molecule has 3 N–H and O–H groups in total. The Kier molecular flexibility index (Phi) is 4.76. The van der Waals surface area contributed by atoms with Gasteiger partial charge in [0.1, 0.15) is 0 Å². The van der Waals surface area contributed by atoms with Gasteiger partial charge in [-0.05, 0) is 30.0 Å². The molecule has 0 saturated heterocycles. The summed E-state index contributed by atoms with van der Waals surface area (Å²) < 4.78 is 0. The summed E-state index contributed by atoms with van der Waals surface area (Å²) in [5, 5.41) is 2.94. The maximum atomic E-state index is 11.8. The van der Waals surface area contributed by atoms with E-state index in [-0.39, 0.29) is 5.91 Å². The Morgan fingerprint density at radius 2 is 1.89 bits per heavy atom. The number of anilines is 1. The number of hydrogen-bond donors (Lipinski definition) is 2. The van der Waals surface area contributed by atoms with Gasteiger partial charge in [0.25, 0.3) is 0 Å². The number of carbonyl (C=O) groups excluding carboxylic acids is 1. The molecule has 3 nitrogen and oxygen atoms in total. The summed E-state index contributed by atoms with van der Waals surface area (Å²) >= 11 is 0. The maximum Gasteiger partial charge on any atom is 0.224 e. The summed E-state index contributed by atoms with van der Waals surface area (Å²) in [6, 6.07) is 7.73. The van der Waals surface area contributed by atoms with Crippen LogP contribution < -0.4 is 11.1 Å². The lowest BCUT2D eigenvalue weighted by Crippen LogP contribution is -2.12. The zero-order valence-corrected chi connectivity index (χ0v) is 10.8. The lowest BCUT2D eigenvalue weighted by molar-refractivity contribution is -0.116. The van der Waals surface area contributed by atoms with Gasteiger partial charge in [-0.15, -0.1) is 0 Å². The van der Waals surface area contributed by atoms with Crippen molar-refractivity contribution in [2.24, 2.45) is 11.7 Å². The maximum absolute atomic E-state index is 11.8. The molecular weight excluding hydrogens is 224 g/mol. The molecule has 1 aliphatic carbocycles. The normalized spacial score (nSPS) is 15.8. The van der Waals surface area contributed by atoms with Gasteiger partial charge in [-0.25, -0.2) is 0 Å². The molecule has 18 heavy (non-hydrogen) atoms. The van der Waals surface area contributed by atoms with Gasteiger partial charge in [-0.3, -0.25) is 4.79 Å². The number of nitrogens with one attached hydrogen (secondary N) is 1. The molecule has 0 aromatic heterocycles. The SMILES string of the molecule is NCc1ccc(NC(=O)CCC2CCCC2)cc1. The number of benzene rings is 1. The van der Waals surface area contributed by atoms with Crippen LogP contribution in [-0.2, 0) is 11.3 Å². The van der Waals surface area contributed by atoms with Crippen LogP contribution in [0.15, 0.2) is 24.3 Å². The Balaban J connectivity index is 1.75. The first-order chi connectivity index (χ1) is 8.78. The molecule has 3 heteroatoms. The minimum Gasteiger partial charge on any atom is -0.326 e. The molecule has 1 fully saturated rings. The van der Waals surface area contributed by atoms with Crippen molar-refractivity contribution < 1.29 is 4.79 Å². The third kappa shape index (κ3) is 3.84. The van der Waals surface area contributed by atoms with Crippen LogP contribution in [0.3, 0.4) is 0 Å². The number of hydrogen-bond acceptors (Lipinski definition) is 2. The van der Waals surface area contributed by atoms with E-state index in [0.29, 0.717) is 13.0 Å². The fourth-order valence-corrected chi connectivity index (χ4v) is 2.58. The Hall–Kier alpha value is -1.35. The molecule has 2 rings (SSSR count). The van der Waals surface area contributed by atoms with Crippen LogP contribution in [-0.4, -0.2) is 5.91 Å². The van der Waals surface area contributed by atoms with Crippen LogP contribution >= 0.6 is 0 Å². The predicted octanol–water partition coefficient (Wildman–Crippen LogP) is 3.05. The van der Waals surface area contributed by atoms with Crippen LogP contribution in [0.25, 0.3) is 0 Å². The molecule has 1 aromatic carbocycles. The highest BCUT2D eigenvalue weighted by Gasteiger charge is 2.16. The zero-order valence-electron chi connectivity index (χ0n) is 10.8. The van der Waals surface area contributed by atoms with E-state index in [1.54, 1.807) is 0 Å². The molecule has 0 radical (unpaired) electrons. The van der Waals surface area contributed by atoms with E-state index < -0.39 is 0 Å². The molecule has 0 spiro atoms. The first-order valence-electron chi connectivity index (χ1n) is 6.87. The largest absolute Gasteiger partial charge is 0.326 e. The van der Waals surface area contributed by atoms with Gasteiger partial charge in [0.05, 0.1) is 0 Å². The molecule has 98 valence electrons. The Morgan fingerprint density at radius 1 is 1.22 bits per heavy atom. The van der Waals surface area contributed by atoms with Crippen molar-refractivity contribution in [2.45, 2.75) is 45.1 Å². The molecule has 0 atom stereocenters. The van der Waals surface area contributed by atoms with Crippen molar-refractivity contribution in [3.8, 4) is 0 Å². The van der Waals surface area contributed by atoms with Gasteiger partial charge in [0, 0.05) is 18.7 Å². The van der Waals surface area contributed by atoms with Crippen molar-refractivity contribution in [2.75, 3.05) is 5.32 Å². The van der Waals surface area contributed by atoms with Gasteiger partial charge < -0.3 is 11.1 Å². The van der Waals surface area contributed by atoms with E-state index in [1.165, 1.54) is 25.7 Å². The standard InChI is InChI=1S/C15H22N2O/c16-11-13-5-8-14(9-6-13)17-15(18)10-7-12-3-1-2-4-12/h5-6,8-9,12H,1-4,7,10-11,16H2,(H,17,18). The van der Waals surface area contributed by atoms with Gasteiger partial charge in [-0.2, -0.15) is 0 Å². The second kappa shape index (κ2) is 6.55. The summed E-state index contributed by atoms with van der Waals surface area (Å²) in [4.78, 5) is 11.8. The molecule has 0 heterocycles. The van der Waals surface area contributed by atoms with Gasteiger partial charge in [-0.1, -0.05) is 37.8 Å². The highest BCUT2D eigenvalue weighted by Crippen LogP contribution is 2.28. The van der Waals surface area contributed by atoms with Gasteiger partial charge in [0.15, 0.2) is 0 Å². The molecular formula is C15H22N2O. The van der Waals surface area contributed by atoms with Gasteiger partial charge >= 0.3 is 0 Å². The zero-order chi connectivity index (χ0) is 12.8. The molecule has 0 bridgehead atoms. The predicted molar refractivity (Wildman–Crippen MR) is 74.2 cm³/mol. The van der Waals surface area contributed by atoms with Crippen LogP contribution in [0.2, 0.25) is 0 Å². The van der Waals surface area contributed by atoms with E-state index in [4.69, 9.17) is 5.73 Å². The van der Waals surface area contributed by atoms with Crippen LogP contribution in [0, 0.1) is 5.92 Å². The lowest BCUT2D eigenvalue weighted by Gasteiger charge is -2.09. The quantitative estimate of drug-likeness (QED) is 0.839. The average Bonchev–Trinajstić information content (AvgIpc) is 2.90. The van der Waals surface area contributed by atoms with E-state index >= 15 is 0 Å². The van der Waals surface area contributed by atoms with Crippen LogP contribution in [0.1, 0.15) is 44.1 Å². The third-order valence-corrected chi connectivity index (χ3v) is 3.73. The fourth-order valence-electron chi connectivity index (χ4n) is 2.58. The van der Waals surface area contributed by atoms with Crippen LogP contribution in [0.5, 0.6) is 0 Å². The van der Waals surface area contributed by atoms with Crippen molar-refractivity contribution >= 4 is 11.6 Å². The number of carbonyl (C=O) groups is 1. The summed E-state index contributed by atoms with van der Waals surface area (Å²) in [7, 11) is 0. The monoisotopic (exact) mass is 246 g/mol. The summed E-state index contributed by atoms with van der Waals surface area (Å²) in [5.41, 5.74) is 7.48. The topological polar surface area (TPSA) is 55.1 Å². The van der Waals surface area contributed by atoms with E-state index in [9.17, 15) is 4.79 Å². The van der Waals surface area contributed by atoms with E-state index in [2.05, 4.69) is 5.32 Å². The Bertz CT molecular complexity index is 380. The van der Waals surface area contributed by atoms with Crippen molar-refractivity contribution in [3.63, 3.8) is 0 Å². The molecule has 1 saturated carbocycles. The first kappa shape index (κ1) is 13.1. The highest BCUT2D eigenvalue weighted by atomic mass is 16.1. The minimum absolute atomic E-state index is 0.127. The number of rotatable bonds is 5. The van der Waals surface area contributed by atoms with Crippen molar-refractivity contribution in [1.82, 2.24) is 0 Å². The highest BCUT2D eigenvalue weighted by molar-refractivity contribution is 5.90. The molecule has 1 amide bonds. The molecule has 1 aliphatic rings. The third-order valence-electron chi connectivity index (χ3n) is 3.73. The summed E-state index contributed by atoms with van der Waals surface area (Å²) in [5.74, 6) is 0.901. The lowest BCUT2D eigenvalue weighted by atomic mass is 10.0. The second-order valence-electron chi connectivity index (χ2n) is 5.14. The van der Waals surface area contributed by atoms with Gasteiger partial charge in [0.2, 0.25) is 5.91 Å². The van der Waals surface area contributed by atoms with E-state index in [0.717, 1.165) is 23.6 Å². The summed E-state index contributed by atoms with van der Waals surface area (Å²) in [6.45, 7) is 0.538. The minimum atomic E-state index is 0.127. The molecule has 0 aliphatic heterocycles. The van der Waals surface area contributed by atoms with Crippen LogP contribution in [0.4, 0.5) is 5.69 Å². The average molecular weight is 246 g/mol. The fraction of sp³-hybridized carbons (Fsp3) is 0.533. The summed E-state index contributed by atoms with van der Waals surface area (Å²) in [6.07, 6.45) is 6.96. The number of nitrogens with two attached hydrogens (primary N) is 1. The van der Waals surface area contributed by atoms with Crippen molar-refractivity contribution in [1.29, 1.82) is 0 Å².